The molecule has 4 nitrogen and oxygen atoms in total. The van der Waals surface area contributed by atoms with E-state index in [9.17, 15) is 9.59 Å². The number of amides is 1. The summed E-state index contributed by atoms with van der Waals surface area (Å²) in [6.07, 6.45) is 10.5. The molecule has 0 aromatic rings. The van der Waals surface area contributed by atoms with E-state index in [1.54, 1.807) is 0 Å². The van der Waals surface area contributed by atoms with Gasteiger partial charge in [-0.1, -0.05) is 25.7 Å². The monoisotopic (exact) mass is 281 g/mol. The number of methoxy groups -OCH3 is 1. The van der Waals surface area contributed by atoms with E-state index in [-0.39, 0.29) is 23.8 Å². The van der Waals surface area contributed by atoms with E-state index >= 15 is 0 Å². The van der Waals surface area contributed by atoms with Crippen molar-refractivity contribution in [3.8, 4) is 0 Å². The van der Waals surface area contributed by atoms with Gasteiger partial charge in [-0.3, -0.25) is 9.59 Å². The van der Waals surface area contributed by atoms with Gasteiger partial charge in [-0.05, 0) is 38.0 Å². The van der Waals surface area contributed by atoms with Crippen molar-refractivity contribution >= 4 is 11.9 Å². The van der Waals surface area contributed by atoms with Crippen LogP contribution in [0.3, 0.4) is 0 Å². The lowest BCUT2D eigenvalue weighted by atomic mass is 9.86. The van der Waals surface area contributed by atoms with Crippen LogP contribution in [0.15, 0.2) is 0 Å². The molecule has 0 aliphatic heterocycles. The van der Waals surface area contributed by atoms with Crippen LogP contribution in [0.4, 0.5) is 0 Å². The zero-order valence-corrected chi connectivity index (χ0v) is 12.5. The Labute approximate surface area is 121 Å². The molecular formula is C16H27NO3. The second-order valence-electron chi connectivity index (χ2n) is 6.33. The van der Waals surface area contributed by atoms with Crippen molar-refractivity contribution in [3.63, 3.8) is 0 Å². The van der Waals surface area contributed by atoms with E-state index in [2.05, 4.69) is 5.32 Å². The molecule has 0 spiro atoms. The number of esters is 1. The SMILES string of the molecule is COC(=O)C1CCC(NC(=O)CCC2CCCC2)CC1. The quantitative estimate of drug-likeness (QED) is 0.788. The van der Waals surface area contributed by atoms with Crippen molar-refractivity contribution in [1.82, 2.24) is 5.32 Å². The fourth-order valence-electron chi connectivity index (χ4n) is 3.57. The Morgan fingerprint density at radius 1 is 1.05 bits per heavy atom. The first kappa shape index (κ1) is 15.3. The molecule has 0 saturated heterocycles. The molecule has 2 aliphatic carbocycles. The molecule has 0 aromatic heterocycles. The first-order valence-corrected chi connectivity index (χ1v) is 8.06. The third kappa shape index (κ3) is 4.50. The van der Waals surface area contributed by atoms with Gasteiger partial charge in [0, 0.05) is 12.5 Å². The van der Waals surface area contributed by atoms with Crippen LogP contribution in [0.5, 0.6) is 0 Å². The number of carbonyl (C=O) groups is 2. The molecule has 1 amide bonds. The van der Waals surface area contributed by atoms with Gasteiger partial charge in [-0.25, -0.2) is 0 Å². The lowest BCUT2D eigenvalue weighted by Gasteiger charge is -2.27. The van der Waals surface area contributed by atoms with Gasteiger partial charge in [0.25, 0.3) is 0 Å². The van der Waals surface area contributed by atoms with Crippen molar-refractivity contribution in [3.05, 3.63) is 0 Å². The summed E-state index contributed by atoms with van der Waals surface area (Å²) in [6, 6.07) is 0.256. The minimum atomic E-state index is -0.101. The minimum absolute atomic E-state index is 0.0339. The van der Waals surface area contributed by atoms with Crippen LogP contribution in [0.25, 0.3) is 0 Å². The zero-order valence-electron chi connectivity index (χ0n) is 12.5. The van der Waals surface area contributed by atoms with Crippen LogP contribution >= 0.6 is 0 Å². The molecule has 4 heteroatoms. The summed E-state index contributed by atoms with van der Waals surface area (Å²) in [7, 11) is 1.44. The van der Waals surface area contributed by atoms with Crippen LogP contribution in [0.2, 0.25) is 0 Å². The van der Waals surface area contributed by atoms with Crippen LogP contribution in [-0.2, 0) is 14.3 Å². The van der Waals surface area contributed by atoms with Crippen LogP contribution < -0.4 is 5.32 Å². The van der Waals surface area contributed by atoms with Gasteiger partial charge in [0.2, 0.25) is 5.91 Å². The molecular weight excluding hydrogens is 254 g/mol. The Morgan fingerprint density at radius 2 is 1.70 bits per heavy atom. The topological polar surface area (TPSA) is 55.4 Å². The maximum absolute atomic E-state index is 11.9. The summed E-state index contributed by atoms with van der Waals surface area (Å²) < 4.78 is 4.78. The van der Waals surface area contributed by atoms with Gasteiger partial charge in [-0.2, -0.15) is 0 Å². The molecule has 0 aromatic carbocycles. The molecule has 0 heterocycles. The van der Waals surface area contributed by atoms with Crippen LogP contribution in [-0.4, -0.2) is 25.0 Å². The lowest BCUT2D eigenvalue weighted by Crippen LogP contribution is -2.38. The van der Waals surface area contributed by atoms with E-state index in [0.29, 0.717) is 6.42 Å². The molecule has 2 rings (SSSR count). The predicted octanol–water partition coefficient (Wildman–Crippen LogP) is 2.80. The second kappa shape index (κ2) is 7.65. The summed E-state index contributed by atoms with van der Waals surface area (Å²) in [5.74, 6) is 0.900. The van der Waals surface area contributed by atoms with Gasteiger partial charge < -0.3 is 10.1 Å². The maximum atomic E-state index is 11.9. The highest BCUT2D eigenvalue weighted by Crippen LogP contribution is 2.29. The Morgan fingerprint density at radius 3 is 2.30 bits per heavy atom. The normalized spacial score (nSPS) is 27.2. The third-order valence-electron chi connectivity index (χ3n) is 4.88. The molecule has 0 radical (unpaired) electrons. The summed E-state index contributed by atoms with van der Waals surface area (Å²) in [4.78, 5) is 23.4. The van der Waals surface area contributed by atoms with Crippen molar-refractivity contribution < 1.29 is 14.3 Å². The first-order chi connectivity index (χ1) is 9.69. The van der Waals surface area contributed by atoms with Crippen molar-refractivity contribution in [2.24, 2.45) is 11.8 Å². The summed E-state index contributed by atoms with van der Waals surface area (Å²) in [5, 5.41) is 3.13. The number of ether oxygens (including phenoxy) is 1. The zero-order chi connectivity index (χ0) is 14.4. The number of hydrogen-bond acceptors (Lipinski definition) is 3. The Kier molecular flexibility index (Phi) is 5.86. The summed E-state index contributed by atoms with van der Waals surface area (Å²) >= 11 is 0. The molecule has 20 heavy (non-hydrogen) atoms. The van der Waals surface area contributed by atoms with Crippen molar-refractivity contribution in [2.45, 2.75) is 70.3 Å². The molecule has 2 saturated carbocycles. The third-order valence-corrected chi connectivity index (χ3v) is 4.88. The molecule has 0 unspecified atom stereocenters. The second-order valence-corrected chi connectivity index (χ2v) is 6.33. The fourth-order valence-corrected chi connectivity index (χ4v) is 3.57. The van der Waals surface area contributed by atoms with Crippen LogP contribution in [0.1, 0.15) is 64.2 Å². The molecule has 0 atom stereocenters. The van der Waals surface area contributed by atoms with Gasteiger partial charge >= 0.3 is 5.97 Å². The highest BCUT2D eigenvalue weighted by atomic mass is 16.5. The Bertz CT molecular complexity index is 329. The summed E-state index contributed by atoms with van der Waals surface area (Å²) in [6.45, 7) is 0. The number of nitrogens with one attached hydrogen (secondary N) is 1. The molecule has 114 valence electrons. The Balaban J connectivity index is 1.62. The number of hydrogen-bond donors (Lipinski definition) is 1. The molecule has 2 aliphatic rings. The van der Waals surface area contributed by atoms with Gasteiger partial charge in [0.1, 0.15) is 0 Å². The first-order valence-electron chi connectivity index (χ1n) is 8.06. The average molecular weight is 281 g/mol. The molecule has 1 N–H and O–H groups in total. The highest BCUT2D eigenvalue weighted by molar-refractivity contribution is 5.76. The van der Waals surface area contributed by atoms with Gasteiger partial charge in [-0.15, -0.1) is 0 Å². The van der Waals surface area contributed by atoms with E-state index in [1.165, 1.54) is 32.8 Å². The Hall–Kier alpha value is -1.06. The van der Waals surface area contributed by atoms with E-state index in [0.717, 1.165) is 38.0 Å². The predicted molar refractivity (Wildman–Crippen MR) is 77.1 cm³/mol. The lowest BCUT2D eigenvalue weighted by molar-refractivity contribution is -0.146. The standard InChI is InChI=1S/C16H27NO3/c1-20-16(19)13-7-9-14(10-8-13)17-15(18)11-6-12-4-2-3-5-12/h12-14H,2-11H2,1H3,(H,17,18). The van der Waals surface area contributed by atoms with E-state index < -0.39 is 0 Å². The highest BCUT2D eigenvalue weighted by Gasteiger charge is 2.27. The van der Waals surface area contributed by atoms with Crippen molar-refractivity contribution in [2.75, 3.05) is 7.11 Å². The van der Waals surface area contributed by atoms with Gasteiger partial charge in [0.05, 0.1) is 13.0 Å². The number of carbonyl (C=O) groups excluding carboxylic acids is 2. The smallest absolute Gasteiger partial charge is 0.308 e. The largest absolute Gasteiger partial charge is 0.469 e. The van der Waals surface area contributed by atoms with E-state index in [1.807, 2.05) is 0 Å². The van der Waals surface area contributed by atoms with Gasteiger partial charge in [0.15, 0.2) is 0 Å². The fraction of sp³-hybridized carbons (Fsp3) is 0.875. The van der Waals surface area contributed by atoms with E-state index in [4.69, 9.17) is 4.74 Å². The average Bonchev–Trinajstić information content (AvgIpc) is 2.98. The molecule has 0 bridgehead atoms. The maximum Gasteiger partial charge on any atom is 0.308 e. The number of rotatable bonds is 5. The van der Waals surface area contributed by atoms with Crippen molar-refractivity contribution in [1.29, 1.82) is 0 Å². The summed E-state index contributed by atoms with van der Waals surface area (Å²) in [5.41, 5.74) is 0. The minimum Gasteiger partial charge on any atom is -0.469 e. The molecule has 2 fully saturated rings. The van der Waals surface area contributed by atoms with Crippen LogP contribution in [0, 0.1) is 11.8 Å².